The molecule has 0 amide bonds. The first-order chi connectivity index (χ1) is 11.0. The van der Waals surface area contributed by atoms with E-state index in [1.165, 1.54) is 12.1 Å². The number of hydrogen-bond donors (Lipinski definition) is 1. The van der Waals surface area contributed by atoms with Gasteiger partial charge in [-0.25, -0.2) is 0 Å². The number of halogens is 6. The maximum absolute atomic E-state index is 13.8. The standard InChI is InChI=1S/C14H14BrCl3F2O3S/c1-6(2)8(12(21)22)5-23-10-4-7(16)3-9(15)11(10)24-14(19,20)13(17)18/h3-4,6,8,13H,5H2,1-2H3,(H,21,22). The Morgan fingerprint density at radius 1 is 1.42 bits per heavy atom. The van der Waals surface area contributed by atoms with Crippen LogP contribution in [-0.2, 0) is 4.79 Å². The number of rotatable bonds is 8. The van der Waals surface area contributed by atoms with Crippen molar-refractivity contribution in [2.24, 2.45) is 11.8 Å². The van der Waals surface area contributed by atoms with E-state index in [2.05, 4.69) is 15.9 Å². The van der Waals surface area contributed by atoms with E-state index >= 15 is 0 Å². The van der Waals surface area contributed by atoms with Crippen LogP contribution < -0.4 is 4.74 Å². The maximum atomic E-state index is 13.8. The smallest absolute Gasteiger partial charge is 0.327 e. The summed E-state index contributed by atoms with van der Waals surface area (Å²) >= 11 is 19.8. The predicted molar refractivity (Wildman–Crippen MR) is 96.9 cm³/mol. The molecule has 0 bridgehead atoms. The molecule has 0 fully saturated rings. The molecule has 0 saturated heterocycles. The largest absolute Gasteiger partial charge is 0.491 e. The lowest BCUT2D eigenvalue weighted by molar-refractivity contribution is -0.144. The van der Waals surface area contributed by atoms with Crippen LogP contribution >= 0.6 is 62.5 Å². The van der Waals surface area contributed by atoms with Crippen molar-refractivity contribution in [3.8, 4) is 5.75 Å². The molecule has 0 aliphatic carbocycles. The minimum atomic E-state index is -3.47. The highest BCUT2D eigenvalue weighted by molar-refractivity contribution is 9.10. The SMILES string of the molecule is CC(C)C(COc1cc(Cl)cc(Br)c1SC(F)(F)C(Cl)Cl)C(=O)O. The minimum absolute atomic E-state index is 0.0277. The van der Waals surface area contributed by atoms with E-state index in [4.69, 9.17) is 39.5 Å². The fourth-order valence-electron chi connectivity index (χ4n) is 1.65. The van der Waals surface area contributed by atoms with E-state index in [1.807, 2.05) is 0 Å². The van der Waals surface area contributed by atoms with Gasteiger partial charge in [0.25, 0.3) is 0 Å². The number of benzene rings is 1. The van der Waals surface area contributed by atoms with Crippen molar-refractivity contribution < 1.29 is 23.4 Å². The summed E-state index contributed by atoms with van der Waals surface area (Å²) in [7, 11) is 0. The Labute approximate surface area is 166 Å². The van der Waals surface area contributed by atoms with Crippen LogP contribution in [0, 0.1) is 11.8 Å². The van der Waals surface area contributed by atoms with E-state index in [-0.39, 0.29) is 44.4 Å². The number of thioether (sulfide) groups is 1. The Morgan fingerprint density at radius 2 is 2.00 bits per heavy atom. The van der Waals surface area contributed by atoms with Gasteiger partial charge in [-0.05, 0) is 45.7 Å². The van der Waals surface area contributed by atoms with Gasteiger partial charge in [-0.15, -0.1) is 0 Å². The number of carboxylic acid groups (broad SMARTS) is 1. The lowest BCUT2D eigenvalue weighted by atomic mass is 9.97. The highest BCUT2D eigenvalue weighted by Crippen LogP contribution is 2.49. The van der Waals surface area contributed by atoms with Gasteiger partial charge in [0.1, 0.15) is 12.4 Å². The van der Waals surface area contributed by atoms with Gasteiger partial charge in [0.2, 0.25) is 0 Å². The first-order valence-corrected chi connectivity index (χ1v) is 9.51. The van der Waals surface area contributed by atoms with Crippen LogP contribution in [0.1, 0.15) is 13.8 Å². The number of carboxylic acids is 1. The molecule has 0 saturated carbocycles. The first kappa shape index (κ1) is 22.1. The highest BCUT2D eigenvalue weighted by Gasteiger charge is 2.40. The van der Waals surface area contributed by atoms with Gasteiger partial charge in [-0.3, -0.25) is 4.79 Å². The molecule has 1 unspecified atom stereocenters. The van der Waals surface area contributed by atoms with Gasteiger partial charge in [-0.2, -0.15) is 8.78 Å². The Morgan fingerprint density at radius 3 is 2.46 bits per heavy atom. The summed E-state index contributed by atoms with van der Waals surface area (Å²) in [6, 6.07) is 2.75. The van der Waals surface area contributed by atoms with Crippen LogP contribution in [0.3, 0.4) is 0 Å². The molecule has 136 valence electrons. The summed E-state index contributed by atoms with van der Waals surface area (Å²) in [4.78, 5) is 9.32. The molecule has 1 N–H and O–H groups in total. The topological polar surface area (TPSA) is 46.5 Å². The third kappa shape index (κ3) is 6.09. The molecule has 0 aromatic heterocycles. The summed E-state index contributed by atoms with van der Waals surface area (Å²) in [5, 5.41) is 5.96. The molecule has 0 spiro atoms. The molecule has 10 heteroatoms. The van der Waals surface area contributed by atoms with Crippen LogP contribution in [0.15, 0.2) is 21.5 Å². The lowest BCUT2D eigenvalue weighted by Crippen LogP contribution is -2.26. The third-order valence-electron chi connectivity index (χ3n) is 3.01. The van der Waals surface area contributed by atoms with Gasteiger partial charge >= 0.3 is 11.2 Å². The number of aliphatic carboxylic acids is 1. The summed E-state index contributed by atoms with van der Waals surface area (Å²) in [5.74, 6) is -2.00. The van der Waals surface area contributed by atoms with Gasteiger partial charge in [0.15, 0.2) is 4.84 Å². The molecular formula is C14H14BrCl3F2O3S. The number of ether oxygens (including phenoxy) is 1. The van der Waals surface area contributed by atoms with Crippen molar-refractivity contribution in [2.45, 2.75) is 28.8 Å². The van der Waals surface area contributed by atoms with E-state index < -0.39 is 22.0 Å². The van der Waals surface area contributed by atoms with Crippen LogP contribution in [0.5, 0.6) is 5.75 Å². The lowest BCUT2D eigenvalue weighted by Gasteiger charge is -2.22. The average molecular weight is 487 g/mol. The first-order valence-electron chi connectivity index (χ1n) is 6.65. The van der Waals surface area contributed by atoms with Gasteiger partial charge in [0.05, 0.1) is 10.8 Å². The normalized spacial score (nSPS) is 13.4. The number of alkyl halides is 4. The van der Waals surface area contributed by atoms with Gasteiger partial charge in [-0.1, -0.05) is 48.7 Å². The van der Waals surface area contributed by atoms with Crippen molar-refractivity contribution in [3.05, 3.63) is 21.6 Å². The molecule has 0 radical (unpaired) electrons. The molecule has 1 aromatic rings. The molecule has 1 atom stereocenters. The fraction of sp³-hybridized carbons (Fsp3) is 0.500. The molecular weight excluding hydrogens is 472 g/mol. The third-order valence-corrected chi connectivity index (χ3v) is 6.05. The minimum Gasteiger partial charge on any atom is -0.491 e. The second kappa shape index (κ2) is 9.12. The molecule has 1 aromatic carbocycles. The number of hydrogen-bond acceptors (Lipinski definition) is 3. The van der Waals surface area contributed by atoms with E-state index in [0.717, 1.165) is 0 Å². The second-order valence-corrected chi connectivity index (χ2v) is 8.72. The van der Waals surface area contributed by atoms with Crippen molar-refractivity contribution in [3.63, 3.8) is 0 Å². The zero-order valence-corrected chi connectivity index (χ0v) is 17.2. The van der Waals surface area contributed by atoms with Gasteiger partial charge < -0.3 is 9.84 Å². The Kier molecular flexibility index (Phi) is 8.40. The zero-order valence-electron chi connectivity index (χ0n) is 12.5. The summed E-state index contributed by atoms with van der Waals surface area (Å²) in [6.45, 7) is 3.26. The van der Waals surface area contributed by atoms with Crippen LogP contribution in [0.4, 0.5) is 8.78 Å². The summed E-state index contributed by atoms with van der Waals surface area (Å²) in [6.07, 6.45) is 0. The summed E-state index contributed by atoms with van der Waals surface area (Å²) < 4.78 is 33.4. The van der Waals surface area contributed by atoms with E-state index in [0.29, 0.717) is 0 Å². The van der Waals surface area contributed by atoms with Crippen LogP contribution in [0.2, 0.25) is 5.02 Å². The van der Waals surface area contributed by atoms with E-state index in [1.54, 1.807) is 13.8 Å². The highest BCUT2D eigenvalue weighted by atomic mass is 79.9. The monoisotopic (exact) mass is 484 g/mol. The van der Waals surface area contributed by atoms with Gasteiger partial charge in [0, 0.05) is 9.50 Å². The molecule has 24 heavy (non-hydrogen) atoms. The van der Waals surface area contributed by atoms with Crippen LogP contribution in [-0.4, -0.2) is 27.8 Å². The molecule has 3 nitrogen and oxygen atoms in total. The molecule has 0 aliphatic heterocycles. The molecule has 0 aliphatic rings. The van der Waals surface area contributed by atoms with E-state index in [9.17, 15) is 18.7 Å². The van der Waals surface area contributed by atoms with Crippen molar-refractivity contribution >= 4 is 68.5 Å². The Bertz CT molecular complexity index is 603. The van der Waals surface area contributed by atoms with Crippen LogP contribution in [0.25, 0.3) is 0 Å². The predicted octanol–water partition coefficient (Wildman–Crippen LogP) is 6.33. The quantitative estimate of drug-likeness (QED) is 0.345. The Hall–Kier alpha value is 0.0500. The summed E-state index contributed by atoms with van der Waals surface area (Å²) in [5.41, 5.74) is 0. The second-order valence-electron chi connectivity index (χ2n) is 5.18. The molecule has 0 heterocycles. The number of carbonyl (C=O) groups is 1. The fourth-order valence-corrected chi connectivity index (χ4v) is 3.68. The maximum Gasteiger partial charge on any atom is 0.327 e. The van der Waals surface area contributed by atoms with Crippen molar-refractivity contribution in [1.29, 1.82) is 0 Å². The average Bonchev–Trinajstić information content (AvgIpc) is 2.41. The van der Waals surface area contributed by atoms with Crippen molar-refractivity contribution in [2.75, 3.05) is 6.61 Å². The van der Waals surface area contributed by atoms with Crippen molar-refractivity contribution in [1.82, 2.24) is 0 Å². The Balaban J connectivity index is 3.11. The molecule has 1 rings (SSSR count). The zero-order chi connectivity index (χ0) is 18.7.